The van der Waals surface area contributed by atoms with Gasteiger partial charge in [-0.25, -0.2) is 0 Å². The molecule has 0 bridgehead atoms. The summed E-state index contributed by atoms with van der Waals surface area (Å²) in [5, 5.41) is 0. The van der Waals surface area contributed by atoms with Crippen molar-refractivity contribution in [1.29, 1.82) is 0 Å². The molecule has 0 heterocycles. The minimum absolute atomic E-state index is 0.256. The second kappa shape index (κ2) is 16.5. The summed E-state index contributed by atoms with van der Waals surface area (Å²) < 4.78 is 37.1. The predicted octanol–water partition coefficient (Wildman–Crippen LogP) is 7.54. The van der Waals surface area contributed by atoms with Gasteiger partial charge in [0.15, 0.2) is 0 Å². The van der Waals surface area contributed by atoms with Crippen LogP contribution >= 0.6 is 0 Å². The molecule has 1 aromatic carbocycles. The topological polar surface area (TPSA) is 63.6 Å². The first-order chi connectivity index (χ1) is 14.8. The Balaban J connectivity index is 2.65. The van der Waals surface area contributed by atoms with Crippen LogP contribution in [0.2, 0.25) is 0 Å². The summed E-state index contributed by atoms with van der Waals surface area (Å²) in [5.41, 5.74) is 2.63. The minimum atomic E-state index is -3.95. The Labute approximate surface area is 191 Å². The Hall–Kier alpha value is -1.07. The van der Waals surface area contributed by atoms with Gasteiger partial charge in [-0.3, -0.25) is 4.55 Å². The van der Waals surface area contributed by atoms with Crippen LogP contribution in [0.4, 0.5) is 0 Å². The van der Waals surface area contributed by atoms with Crippen LogP contribution in [0.3, 0.4) is 0 Å². The molecule has 5 heteroatoms. The Kier molecular flexibility index (Phi) is 14.9. The first-order valence-corrected chi connectivity index (χ1v) is 14.2. The quantitative estimate of drug-likeness (QED) is 0.173. The molecular formula is C26H46O4S. The maximum Gasteiger partial charge on any atom is 0.264 e. The Bertz CT molecular complexity index is 650. The van der Waals surface area contributed by atoms with E-state index in [9.17, 15) is 8.42 Å². The molecule has 0 fully saturated rings. The molecule has 1 unspecified atom stereocenters. The van der Waals surface area contributed by atoms with Crippen molar-refractivity contribution in [3.8, 4) is 5.75 Å². The highest BCUT2D eigenvalue weighted by Gasteiger charge is 2.12. The lowest BCUT2D eigenvalue weighted by Crippen LogP contribution is -2.17. The van der Waals surface area contributed by atoms with Crippen LogP contribution in [0.25, 0.3) is 0 Å². The van der Waals surface area contributed by atoms with E-state index in [0.29, 0.717) is 0 Å². The lowest BCUT2D eigenvalue weighted by Gasteiger charge is -2.16. The molecule has 1 N–H and O–H groups in total. The van der Waals surface area contributed by atoms with Crippen LogP contribution in [0.1, 0.15) is 115 Å². The SMILES string of the molecule is CCCCCCCCc1cc(CCCCCCCC)cc(OC(C)CCS(=O)(=O)O)c1. The van der Waals surface area contributed by atoms with Gasteiger partial charge in [-0.2, -0.15) is 8.42 Å². The van der Waals surface area contributed by atoms with Crippen molar-refractivity contribution >= 4 is 10.1 Å². The number of ether oxygens (including phenoxy) is 1. The zero-order valence-corrected chi connectivity index (χ0v) is 21.0. The summed E-state index contributed by atoms with van der Waals surface area (Å²) in [7, 11) is -3.95. The van der Waals surface area contributed by atoms with Gasteiger partial charge in [0.25, 0.3) is 10.1 Å². The van der Waals surface area contributed by atoms with Crippen molar-refractivity contribution in [3.63, 3.8) is 0 Å². The van der Waals surface area contributed by atoms with E-state index in [2.05, 4.69) is 32.0 Å². The van der Waals surface area contributed by atoms with Crippen LogP contribution in [0.15, 0.2) is 18.2 Å². The molecule has 180 valence electrons. The molecule has 1 atom stereocenters. The molecule has 0 saturated carbocycles. The van der Waals surface area contributed by atoms with Gasteiger partial charge >= 0.3 is 0 Å². The normalized spacial score (nSPS) is 12.8. The van der Waals surface area contributed by atoms with Crippen molar-refractivity contribution in [1.82, 2.24) is 0 Å². The lowest BCUT2D eigenvalue weighted by atomic mass is 9.99. The smallest absolute Gasteiger partial charge is 0.264 e. The molecule has 0 spiro atoms. The van der Waals surface area contributed by atoms with E-state index in [0.717, 1.165) is 18.6 Å². The average molecular weight is 455 g/mol. The van der Waals surface area contributed by atoms with Crippen LogP contribution < -0.4 is 4.74 Å². The molecule has 0 radical (unpaired) electrons. The minimum Gasteiger partial charge on any atom is -0.491 e. The van der Waals surface area contributed by atoms with Gasteiger partial charge in [0, 0.05) is 6.42 Å². The number of hydrogen-bond acceptors (Lipinski definition) is 3. The van der Waals surface area contributed by atoms with Crippen molar-refractivity contribution in [2.24, 2.45) is 0 Å². The largest absolute Gasteiger partial charge is 0.491 e. The summed E-state index contributed by atoms with van der Waals surface area (Å²) in [6.07, 6.45) is 17.5. The van der Waals surface area contributed by atoms with E-state index in [-0.39, 0.29) is 18.3 Å². The monoisotopic (exact) mass is 454 g/mol. The fourth-order valence-electron chi connectivity index (χ4n) is 3.91. The van der Waals surface area contributed by atoms with E-state index < -0.39 is 10.1 Å². The van der Waals surface area contributed by atoms with Gasteiger partial charge in [0.1, 0.15) is 5.75 Å². The lowest BCUT2D eigenvalue weighted by molar-refractivity contribution is 0.216. The fourth-order valence-corrected chi connectivity index (χ4v) is 4.54. The van der Waals surface area contributed by atoms with Gasteiger partial charge in [0.05, 0.1) is 11.9 Å². The average Bonchev–Trinajstić information content (AvgIpc) is 2.71. The molecule has 0 aliphatic rings. The molecular weight excluding hydrogens is 408 g/mol. The summed E-state index contributed by atoms with van der Waals surface area (Å²) in [6, 6.07) is 6.55. The number of aryl methyl sites for hydroxylation is 2. The Morgan fingerprint density at radius 2 is 1.23 bits per heavy atom. The van der Waals surface area contributed by atoms with Gasteiger partial charge in [-0.05, 0) is 55.9 Å². The zero-order valence-electron chi connectivity index (χ0n) is 20.2. The molecule has 0 amide bonds. The predicted molar refractivity (Wildman–Crippen MR) is 132 cm³/mol. The highest BCUT2D eigenvalue weighted by atomic mass is 32.2. The first-order valence-electron chi connectivity index (χ1n) is 12.6. The van der Waals surface area contributed by atoms with Crippen LogP contribution in [-0.2, 0) is 23.0 Å². The third-order valence-corrected chi connectivity index (χ3v) is 6.54. The Morgan fingerprint density at radius 1 is 0.774 bits per heavy atom. The van der Waals surface area contributed by atoms with E-state index >= 15 is 0 Å². The highest BCUT2D eigenvalue weighted by molar-refractivity contribution is 7.85. The maximum absolute atomic E-state index is 11.0. The summed E-state index contributed by atoms with van der Waals surface area (Å²) in [4.78, 5) is 0. The summed E-state index contributed by atoms with van der Waals surface area (Å²) in [5.74, 6) is 0.559. The standard InChI is InChI=1S/C26H46O4S/c1-4-6-8-10-12-14-16-24-20-25(17-15-13-11-9-7-5-2)22-26(21-24)30-23(3)18-19-31(27,28)29/h20-23H,4-19H2,1-3H3,(H,27,28,29). The molecule has 31 heavy (non-hydrogen) atoms. The Morgan fingerprint density at radius 3 is 1.68 bits per heavy atom. The zero-order chi connectivity index (χ0) is 23.0. The fraction of sp³-hybridized carbons (Fsp3) is 0.769. The van der Waals surface area contributed by atoms with Crippen LogP contribution in [0.5, 0.6) is 5.75 Å². The van der Waals surface area contributed by atoms with E-state index in [1.54, 1.807) is 0 Å². The van der Waals surface area contributed by atoms with Crippen molar-refractivity contribution in [2.45, 2.75) is 123 Å². The van der Waals surface area contributed by atoms with E-state index in [1.807, 2.05) is 6.92 Å². The second-order valence-corrected chi connectivity index (χ2v) is 10.6. The molecule has 0 saturated heterocycles. The summed E-state index contributed by atoms with van der Waals surface area (Å²) in [6.45, 7) is 6.35. The first kappa shape index (κ1) is 28.0. The molecule has 1 rings (SSSR count). The van der Waals surface area contributed by atoms with Gasteiger partial charge in [-0.1, -0.05) is 84.1 Å². The van der Waals surface area contributed by atoms with Crippen LogP contribution in [0, 0.1) is 0 Å². The number of hydrogen-bond donors (Lipinski definition) is 1. The number of benzene rings is 1. The maximum atomic E-state index is 11.0. The summed E-state index contributed by atoms with van der Waals surface area (Å²) >= 11 is 0. The second-order valence-electron chi connectivity index (χ2n) is 9.02. The van der Waals surface area contributed by atoms with Gasteiger partial charge in [-0.15, -0.1) is 0 Å². The number of rotatable bonds is 19. The third kappa shape index (κ3) is 15.4. The van der Waals surface area contributed by atoms with E-state index in [4.69, 9.17) is 9.29 Å². The van der Waals surface area contributed by atoms with Gasteiger partial charge < -0.3 is 4.74 Å². The van der Waals surface area contributed by atoms with Crippen LogP contribution in [-0.4, -0.2) is 24.8 Å². The highest BCUT2D eigenvalue weighted by Crippen LogP contribution is 2.23. The molecule has 0 aliphatic heterocycles. The molecule has 0 aliphatic carbocycles. The third-order valence-electron chi connectivity index (χ3n) is 5.78. The van der Waals surface area contributed by atoms with Crippen molar-refractivity contribution in [2.75, 3.05) is 5.75 Å². The molecule has 0 aromatic heterocycles. The molecule has 4 nitrogen and oxygen atoms in total. The van der Waals surface area contributed by atoms with Crippen molar-refractivity contribution in [3.05, 3.63) is 29.3 Å². The molecule has 1 aromatic rings. The van der Waals surface area contributed by atoms with Crippen molar-refractivity contribution < 1.29 is 17.7 Å². The van der Waals surface area contributed by atoms with Gasteiger partial charge in [0.2, 0.25) is 0 Å². The number of unbranched alkanes of at least 4 members (excludes halogenated alkanes) is 10. The van der Waals surface area contributed by atoms with E-state index in [1.165, 1.54) is 88.2 Å².